The minimum atomic E-state index is -6.30. The van der Waals surface area contributed by atoms with Gasteiger partial charge in [-0.25, -0.2) is 14.0 Å². The first-order valence-electron chi connectivity index (χ1n) is 4.21. The topological polar surface area (TPSA) is 63.6 Å². The number of hydrogen-bond acceptors (Lipinski definition) is 3. The van der Waals surface area contributed by atoms with Crippen LogP contribution in [0.25, 0.3) is 0 Å². The average Bonchev–Trinajstić information content (AvgIpc) is 2.25. The molecule has 4 nitrogen and oxygen atoms in total. The normalized spacial score (nSPS) is 13.6. The Labute approximate surface area is 100.0 Å². The summed E-state index contributed by atoms with van der Waals surface area (Å²) in [6.07, 6.45) is -6.29. The standard InChI is InChI=1S/C8H5F7O4/c9-3-6(10,11)7(12,13)8(14,15)19-5(18)2-1-4(16)17/h1-2H,3H2,(H,16,17)/b2-1+. The molecule has 0 atom stereocenters. The SMILES string of the molecule is O=C(O)/C=C/C(=O)OC(F)(F)C(F)(F)C(F)(F)CF. The third-order valence-corrected chi connectivity index (χ3v) is 1.58. The highest BCUT2D eigenvalue weighted by atomic mass is 19.4. The molecule has 110 valence electrons. The average molecular weight is 298 g/mol. The van der Waals surface area contributed by atoms with Gasteiger partial charge >= 0.3 is 29.9 Å². The fourth-order valence-corrected chi connectivity index (χ4v) is 0.661. The van der Waals surface area contributed by atoms with Crippen LogP contribution >= 0.6 is 0 Å². The number of alkyl halides is 7. The predicted octanol–water partition coefficient (Wildman–Crippen LogP) is 2.00. The van der Waals surface area contributed by atoms with Crippen LogP contribution in [-0.2, 0) is 14.3 Å². The van der Waals surface area contributed by atoms with Gasteiger partial charge in [-0.1, -0.05) is 0 Å². The van der Waals surface area contributed by atoms with Gasteiger partial charge in [-0.05, 0) is 0 Å². The maximum atomic E-state index is 12.6. The Morgan fingerprint density at radius 1 is 1.05 bits per heavy atom. The van der Waals surface area contributed by atoms with Crippen molar-refractivity contribution in [3.63, 3.8) is 0 Å². The van der Waals surface area contributed by atoms with E-state index < -0.39 is 36.6 Å². The molecule has 0 bridgehead atoms. The number of carboxylic acid groups (broad SMARTS) is 1. The molecule has 0 aliphatic heterocycles. The van der Waals surface area contributed by atoms with Crippen LogP contribution < -0.4 is 0 Å². The zero-order chi connectivity index (χ0) is 15.5. The van der Waals surface area contributed by atoms with Crippen LogP contribution in [0.1, 0.15) is 0 Å². The summed E-state index contributed by atoms with van der Waals surface area (Å²) in [7, 11) is 0. The van der Waals surface area contributed by atoms with E-state index in [1.807, 2.05) is 0 Å². The Morgan fingerprint density at radius 2 is 1.53 bits per heavy atom. The van der Waals surface area contributed by atoms with E-state index in [0.29, 0.717) is 0 Å². The van der Waals surface area contributed by atoms with E-state index in [-0.39, 0.29) is 12.2 Å². The third-order valence-electron chi connectivity index (χ3n) is 1.58. The number of hydrogen-bond donors (Lipinski definition) is 1. The van der Waals surface area contributed by atoms with Gasteiger partial charge in [0.15, 0.2) is 6.67 Å². The van der Waals surface area contributed by atoms with Gasteiger partial charge in [0, 0.05) is 12.2 Å². The van der Waals surface area contributed by atoms with Crippen LogP contribution in [0.3, 0.4) is 0 Å². The van der Waals surface area contributed by atoms with Crippen LogP contribution in [-0.4, -0.2) is 41.7 Å². The third kappa shape index (κ3) is 3.83. The van der Waals surface area contributed by atoms with Gasteiger partial charge in [-0.2, -0.15) is 26.3 Å². The Bertz CT molecular complexity index is 391. The molecule has 0 aromatic carbocycles. The zero-order valence-corrected chi connectivity index (χ0v) is 8.68. The van der Waals surface area contributed by atoms with Crippen molar-refractivity contribution in [2.24, 2.45) is 0 Å². The van der Waals surface area contributed by atoms with Gasteiger partial charge in [-0.3, -0.25) is 0 Å². The second kappa shape index (κ2) is 5.45. The number of esters is 1. The van der Waals surface area contributed by atoms with E-state index in [1.165, 1.54) is 0 Å². The maximum Gasteiger partial charge on any atom is 0.473 e. The van der Waals surface area contributed by atoms with Crippen LogP contribution in [0.4, 0.5) is 30.7 Å². The molecule has 1 N–H and O–H groups in total. The number of aliphatic carboxylic acids is 1. The summed E-state index contributed by atoms with van der Waals surface area (Å²) in [5.74, 6) is -16.2. The number of carbonyl (C=O) groups excluding carboxylic acids is 1. The van der Waals surface area contributed by atoms with Crippen LogP contribution in [0.5, 0.6) is 0 Å². The quantitative estimate of drug-likeness (QED) is 0.463. The van der Waals surface area contributed by atoms with Crippen molar-refractivity contribution in [2.75, 3.05) is 6.67 Å². The number of carboxylic acids is 1. The molecule has 11 heteroatoms. The van der Waals surface area contributed by atoms with Gasteiger partial charge < -0.3 is 9.84 Å². The lowest BCUT2D eigenvalue weighted by Gasteiger charge is -2.29. The second-order valence-corrected chi connectivity index (χ2v) is 3.02. The summed E-state index contributed by atoms with van der Waals surface area (Å²) in [4.78, 5) is 20.4. The van der Waals surface area contributed by atoms with Gasteiger partial charge in [0.05, 0.1) is 0 Å². The highest BCUT2D eigenvalue weighted by Crippen LogP contribution is 2.46. The molecule has 0 aliphatic carbocycles. The number of ether oxygens (including phenoxy) is 1. The molecular formula is C8H5F7O4. The van der Waals surface area contributed by atoms with Crippen molar-refractivity contribution in [1.82, 2.24) is 0 Å². The van der Waals surface area contributed by atoms with Crippen molar-refractivity contribution in [3.8, 4) is 0 Å². The van der Waals surface area contributed by atoms with Crippen LogP contribution in [0.2, 0.25) is 0 Å². The molecular weight excluding hydrogens is 293 g/mol. The van der Waals surface area contributed by atoms with E-state index in [1.54, 1.807) is 0 Å². The van der Waals surface area contributed by atoms with E-state index >= 15 is 0 Å². The highest BCUT2D eigenvalue weighted by Gasteiger charge is 2.74. The summed E-state index contributed by atoms with van der Waals surface area (Å²) in [6.45, 7) is -3.11. The molecule has 0 amide bonds. The Balaban J connectivity index is 5.08. The van der Waals surface area contributed by atoms with E-state index in [0.717, 1.165) is 0 Å². The number of carbonyl (C=O) groups is 2. The minimum Gasteiger partial charge on any atom is -0.478 e. The lowest BCUT2D eigenvalue weighted by atomic mass is 10.1. The largest absolute Gasteiger partial charge is 0.478 e. The molecule has 0 radical (unpaired) electrons. The molecule has 0 aliphatic rings. The molecule has 0 unspecified atom stereocenters. The summed E-state index contributed by atoms with van der Waals surface area (Å²) in [5.41, 5.74) is 0. The molecule has 0 aromatic rings. The first-order chi connectivity index (χ1) is 8.37. The fraction of sp³-hybridized carbons (Fsp3) is 0.500. The van der Waals surface area contributed by atoms with Gasteiger partial charge in [0.1, 0.15) is 0 Å². The van der Waals surface area contributed by atoms with E-state index in [4.69, 9.17) is 5.11 Å². The van der Waals surface area contributed by atoms with Crippen molar-refractivity contribution < 1.29 is 50.2 Å². The molecule has 0 rings (SSSR count). The van der Waals surface area contributed by atoms with Crippen LogP contribution in [0.15, 0.2) is 12.2 Å². The van der Waals surface area contributed by atoms with Crippen molar-refractivity contribution in [1.29, 1.82) is 0 Å². The summed E-state index contributed by atoms with van der Waals surface area (Å²) in [6, 6.07) is 0. The maximum absolute atomic E-state index is 12.6. The lowest BCUT2D eigenvalue weighted by Crippen LogP contribution is -2.56. The fourth-order valence-electron chi connectivity index (χ4n) is 0.661. The monoisotopic (exact) mass is 298 g/mol. The Hall–Kier alpha value is -1.81. The molecule has 0 heterocycles. The predicted molar refractivity (Wildman–Crippen MR) is 43.7 cm³/mol. The molecule has 0 aromatic heterocycles. The van der Waals surface area contributed by atoms with Crippen molar-refractivity contribution >= 4 is 11.9 Å². The number of halogens is 7. The van der Waals surface area contributed by atoms with Crippen LogP contribution in [0, 0.1) is 0 Å². The van der Waals surface area contributed by atoms with Gasteiger partial charge in [0.2, 0.25) is 0 Å². The number of rotatable bonds is 6. The Morgan fingerprint density at radius 3 is 1.89 bits per heavy atom. The van der Waals surface area contributed by atoms with Crippen molar-refractivity contribution in [3.05, 3.63) is 12.2 Å². The van der Waals surface area contributed by atoms with Gasteiger partial charge in [0.25, 0.3) is 0 Å². The lowest BCUT2D eigenvalue weighted by molar-refractivity contribution is -0.384. The molecule has 0 spiro atoms. The van der Waals surface area contributed by atoms with Crippen molar-refractivity contribution in [2.45, 2.75) is 18.0 Å². The highest BCUT2D eigenvalue weighted by molar-refractivity contribution is 5.90. The van der Waals surface area contributed by atoms with Gasteiger partial charge in [-0.15, -0.1) is 0 Å². The molecule has 0 saturated carbocycles. The smallest absolute Gasteiger partial charge is 0.473 e. The Kier molecular flexibility index (Phi) is 4.93. The van der Waals surface area contributed by atoms with E-state index in [9.17, 15) is 40.3 Å². The molecule has 0 saturated heterocycles. The van der Waals surface area contributed by atoms with E-state index in [2.05, 4.69) is 4.74 Å². The first kappa shape index (κ1) is 17.2. The summed E-state index contributed by atoms with van der Waals surface area (Å²) in [5, 5.41) is 7.99. The summed E-state index contributed by atoms with van der Waals surface area (Å²) >= 11 is 0. The minimum absolute atomic E-state index is 0.0517. The second-order valence-electron chi connectivity index (χ2n) is 3.02. The summed E-state index contributed by atoms with van der Waals surface area (Å²) < 4.78 is 89.3. The molecule has 19 heavy (non-hydrogen) atoms. The first-order valence-corrected chi connectivity index (χ1v) is 4.21. The molecule has 0 fully saturated rings. The zero-order valence-electron chi connectivity index (χ0n) is 8.68.